The zero-order chi connectivity index (χ0) is 26.7. The van der Waals surface area contributed by atoms with Gasteiger partial charge in [0.25, 0.3) is 11.8 Å². The molecular weight excluding hydrogens is 536 g/mol. The van der Waals surface area contributed by atoms with E-state index in [1.165, 1.54) is 23.7 Å². The first-order valence-corrected chi connectivity index (χ1v) is 13.5. The number of carbonyl (C=O) groups is 3. The molecule has 1 aliphatic carbocycles. The number of nitrogens with zero attached hydrogens (tertiary/aromatic N) is 5. The molecule has 3 N–H and O–H groups in total. The molecule has 3 amide bonds. The van der Waals surface area contributed by atoms with Crippen molar-refractivity contribution in [2.24, 2.45) is 5.92 Å². The predicted molar refractivity (Wildman–Crippen MR) is 145 cm³/mol. The maximum absolute atomic E-state index is 13.2. The Hall–Kier alpha value is -2.74. The molecule has 14 heteroatoms. The Bertz CT molecular complexity index is 1190. The van der Waals surface area contributed by atoms with Gasteiger partial charge in [0.1, 0.15) is 0 Å². The molecule has 0 aromatic carbocycles. The summed E-state index contributed by atoms with van der Waals surface area (Å²) >= 11 is 12.5. The number of fused-ring (bicyclic) bond motifs is 1. The number of hydrogen-bond acceptors (Lipinski definition) is 9. The van der Waals surface area contributed by atoms with Crippen molar-refractivity contribution < 1.29 is 14.4 Å². The van der Waals surface area contributed by atoms with Crippen molar-refractivity contribution in [1.82, 2.24) is 35.4 Å². The molecule has 1 fully saturated rings. The lowest BCUT2D eigenvalue weighted by molar-refractivity contribution is -0.134. The second-order valence-corrected chi connectivity index (χ2v) is 11.4. The van der Waals surface area contributed by atoms with Crippen LogP contribution in [-0.4, -0.2) is 87.2 Å². The van der Waals surface area contributed by atoms with Crippen molar-refractivity contribution >= 4 is 63.8 Å². The van der Waals surface area contributed by atoms with Crippen LogP contribution in [0.4, 0.5) is 5.95 Å². The topological polar surface area (TPSA) is 132 Å². The number of thiazole rings is 1. The van der Waals surface area contributed by atoms with Gasteiger partial charge in [-0.2, -0.15) is 0 Å². The second kappa shape index (κ2) is 11.8. The van der Waals surface area contributed by atoms with E-state index in [9.17, 15) is 14.4 Å². The highest BCUT2D eigenvalue weighted by Gasteiger charge is 2.37. The van der Waals surface area contributed by atoms with E-state index < -0.39 is 11.9 Å². The molecule has 0 bridgehead atoms. The zero-order valence-corrected chi connectivity index (χ0v) is 23.2. The van der Waals surface area contributed by atoms with Gasteiger partial charge in [0.05, 0.1) is 29.2 Å². The minimum Gasteiger partial charge on any atom is -0.367 e. The Labute approximate surface area is 229 Å². The fourth-order valence-electron chi connectivity index (χ4n) is 4.51. The van der Waals surface area contributed by atoms with Crippen LogP contribution in [-0.2, 0) is 22.6 Å². The summed E-state index contributed by atoms with van der Waals surface area (Å²) in [7, 11) is 5.48. The smallest absolute Gasteiger partial charge is 0.285 e. The number of anilines is 1. The van der Waals surface area contributed by atoms with Gasteiger partial charge in [-0.1, -0.05) is 23.8 Å². The Morgan fingerprint density at radius 1 is 1.16 bits per heavy atom. The lowest BCUT2D eigenvalue weighted by atomic mass is 9.81. The average Bonchev–Trinajstić information content (AvgIpc) is 3.29. The van der Waals surface area contributed by atoms with Crippen molar-refractivity contribution in [3.05, 3.63) is 33.0 Å². The molecular formula is C23H29ClN8O3S2. The van der Waals surface area contributed by atoms with Gasteiger partial charge in [-0.05, 0) is 26.3 Å². The number of likely N-dealkylation sites (N-methyl/N-ethyl adjacent to an activating group) is 1. The van der Waals surface area contributed by atoms with E-state index in [1.807, 2.05) is 7.05 Å². The molecule has 11 nitrogen and oxygen atoms in total. The fraction of sp³-hybridized carbons (Fsp3) is 0.522. The van der Waals surface area contributed by atoms with Crippen molar-refractivity contribution in [3.8, 4) is 0 Å². The second-order valence-electron chi connectivity index (χ2n) is 9.46. The molecule has 0 radical (unpaired) electrons. The van der Waals surface area contributed by atoms with Crippen molar-refractivity contribution in [1.29, 1.82) is 0 Å². The summed E-state index contributed by atoms with van der Waals surface area (Å²) in [6.45, 7) is 1.68. The summed E-state index contributed by atoms with van der Waals surface area (Å²) in [4.78, 5) is 55.8. The van der Waals surface area contributed by atoms with E-state index in [1.54, 1.807) is 19.0 Å². The first-order valence-electron chi connectivity index (χ1n) is 11.9. The number of halogens is 1. The third kappa shape index (κ3) is 6.78. The van der Waals surface area contributed by atoms with E-state index in [2.05, 4.69) is 35.8 Å². The van der Waals surface area contributed by atoms with Gasteiger partial charge < -0.3 is 20.4 Å². The summed E-state index contributed by atoms with van der Waals surface area (Å²) in [6.07, 6.45) is 5.10. The van der Waals surface area contributed by atoms with Gasteiger partial charge in [0, 0.05) is 50.4 Å². The molecule has 1 saturated carbocycles. The number of carbonyl (C=O) groups excluding carboxylic acids is 3. The SMILES string of the molecule is CN1CCc2nc(C(=O)NC3CC(C(=O)N(C)C)CCC3NC(=S)C(=O)Nc3ncc(Cl)cn3)sc2C1. The third-order valence-corrected chi connectivity index (χ3v) is 8.02. The van der Waals surface area contributed by atoms with Crippen LogP contribution in [0, 0.1) is 5.92 Å². The van der Waals surface area contributed by atoms with Crippen LogP contribution in [0.25, 0.3) is 0 Å². The molecule has 3 unspecified atom stereocenters. The van der Waals surface area contributed by atoms with Gasteiger partial charge in [0.2, 0.25) is 11.9 Å². The molecule has 3 atom stereocenters. The van der Waals surface area contributed by atoms with Crippen LogP contribution in [0.2, 0.25) is 5.02 Å². The fourth-order valence-corrected chi connectivity index (χ4v) is 5.90. The number of hydrogen-bond donors (Lipinski definition) is 3. The monoisotopic (exact) mass is 564 g/mol. The van der Waals surface area contributed by atoms with Crippen LogP contribution in [0.1, 0.15) is 39.6 Å². The first-order chi connectivity index (χ1) is 17.6. The van der Waals surface area contributed by atoms with Crippen molar-refractivity contribution in [2.75, 3.05) is 33.0 Å². The minimum atomic E-state index is -0.578. The van der Waals surface area contributed by atoms with Gasteiger partial charge in [0.15, 0.2) is 10.00 Å². The van der Waals surface area contributed by atoms with E-state index in [0.717, 1.165) is 30.1 Å². The molecule has 4 rings (SSSR count). The standard InChI is InChI=1S/C23H29ClN8O3S2/c1-31(2)22(35)12-4-5-14(28-20(36)18(33)30-23-25-9-13(24)10-26-23)16(8-12)27-19(34)21-29-15-6-7-32(3)11-17(15)37-21/h9-10,12,14,16H,4-8,11H2,1-3H3,(H,27,34)(H,28,36)(H,25,26,30,33). The summed E-state index contributed by atoms with van der Waals surface area (Å²) in [5.74, 6) is -1.04. The highest BCUT2D eigenvalue weighted by atomic mass is 35.5. The summed E-state index contributed by atoms with van der Waals surface area (Å²) in [5, 5.41) is 9.41. The molecule has 1 aliphatic heterocycles. The normalized spacial score (nSPS) is 21.5. The Morgan fingerprint density at radius 3 is 2.59 bits per heavy atom. The minimum absolute atomic E-state index is 0.00524. The largest absolute Gasteiger partial charge is 0.367 e. The van der Waals surface area contributed by atoms with Crippen LogP contribution in [0.15, 0.2) is 12.4 Å². The highest BCUT2D eigenvalue weighted by molar-refractivity contribution is 7.82. The lowest BCUT2D eigenvalue weighted by Gasteiger charge is -2.37. The maximum atomic E-state index is 13.2. The first kappa shape index (κ1) is 27.3. The molecule has 0 saturated heterocycles. The van der Waals surface area contributed by atoms with Crippen molar-refractivity contribution in [2.45, 2.75) is 44.3 Å². The van der Waals surface area contributed by atoms with E-state index in [-0.39, 0.29) is 34.7 Å². The summed E-state index contributed by atoms with van der Waals surface area (Å²) in [5.41, 5.74) is 0.967. The molecule has 2 aromatic heterocycles. The van der Waals surface area contributed by atoms with Gasteiger partial charge >= 0.3 is 0 Å². The van der Waals surface area contributed by atoms with Crippen molar-refractivity contribution in [3.63, 3.8) is 0 Å². The summed E-state index contributed by atoms with van der Waals surface area (Å²) < 4.78 is 0. The Kier molecular flexibility index (Phi) is 8.67. The number of nitrogens with one attached hydrogen (secondary N) is 3. The zero-order valence-electron chi connectivity index (χ0n) is 20.8. The molecule has 2 aliphatic rings. The van der Waals surface area contributed by atoms with E-state index >= 15 is 0 Å². The third-order valence-electron chi connectivity index (χ3n) is 6.44. The van der Waals surface area contributed by atoms with Crippen LogP contribution < -0.4 is 16.0 Å². The highest BCUT2D eigenvalue weighted by Crippen LogP contribution is 2.28. The molecule has 0 spiro atoms. The van der Waals surface area contributed by atoms with E-state index in [4.69, 9.17) is 23.8 Å². The Balaban J connectivity index is 1.45. The van der Waals surface area contributed by atoms with Crippen LogP contribution in [0.5, 0.6) is 0 Å². The average molecular weight is 565 g/mol. The Morgan fingerprint density at radius 2 is 1.89 bits per heavy atom. The maximum Gasteiger partial charge on any atom is 0.285 e. The number of aromatic nitrogens is 3. The molecule has 37 heavy (non-hydrogen) atoms. The van der Waals surface area contributed by atoms with E-state index in [0.29, 0.717) is 29.3 Å². The number of thiocarbonyl (C=S) groups is 1. The van der Waals surface area contributed by atoms with Gasteiger partial charge in [-0.15, -0.1) is 11.3 Å². The van der Waals surface area contributed by atoms with Gasteiger partial charge in [-0.3, -0.25) is 19.7 Å². The van der Waals surface area contributed by atoms with Gasteiger partial charge in [-0.25, -0.2) is 15.0 Å². The summed E-state index contributed by atoms with van der Waals surface area (Å²) in [6, 6.07) is -0.781. The van der Waals surface area contributed by atoms with Crippen LogP contribution >= 0.6 is 35.2 Å². The molecule has 3 heterocycles. The molecule has 2 aromatic rings. The quantitative estimate of drug-likeness (QED) is 0.462. The molecule has 198 valence electrons. The number of amides is 3. The number of rotatable bonds is 5. The lowest BCUT2D eigenvalue weighted by Crippen LogP contribution is -2.57. The predicted octanol–water partition coefficient (Wildman–Crippen LogP) is 1.49. The van der Waals surface area contributed by atoms with Crippen LogP contribution in [0.3, 0.4) is 0 Å².